The van der Waals surface area contributed by atoms with Gasteiger partial charge in [-0.3, -0.25) is 9.59 Å². The molecule has 0 aliphatic carbocycles. The first-order valence-electron chi connectivity index (χ1n) is 12.9. The summed E-state index contributed by atoms with van der Waals surface area (Å²) in [5, 5.41) is 3.53. The van der Waals surface area contributed by atoms with Gasteiger partial charge >= 0.3 is 0 Å². The molecule has 0 bridgehead atoms. The summed E-state index contributed by atoms with van der Waals surface area (Å²) in [6, 6.07) is 23.5. The summed E-state index contributed by atoms with van der Waals surface area (Å²) in [7, 11) is 0. The third-order valence-corrected chi connectivity index (χ3v) is 7.36. The summed E-state index contributed by atoms with van der Waals surface area (Å²) in [6.07, 6.45) is 0. The molecule has 40 heavy (non-hydrogen) atoms. The first-order valence-corrected chi connectivity index (χ1v) is 13.9. The molecule has 2 amide bonds. The second-order valence-corrected chi connectivity index (χ2v) is 10.5. The first-order chi connectivity index (χ1) is 19.4. The van der Waals surface area contributed by atoms with Gasteiger partial charge in [-0.25, -0.2) is 9.97 Å². The molecule has 2 heterocycles. The smallest absolute Gasteiger partial charge is 0.251 e. The summed E-state index contributed by atoms with van der Waals surface area (Å²) in [6.45, 7) is 6.20. The Morgan fingerprint density at radius 3 is 2.35 bits per heavy atom. The van der Waals surface area contributed by atoms with Crippen molar-refractivity contribution in [2.24, 2.45) is 0 Å². The predicted octanol–water partition coefficient (Wildman–Crippen LogP) is 5.63. The second-order valence-electron chi connectivity index (χ2n) is 9.54. The van der Waals surface area contributed by atoms with E-state index in [4.69, 9.17) is 9.47 Å². The molecule has 3 aromatic carbocycles. The number of anilines is 1. The summed E-state index contributed by atoms with van der Waals surface area (Å²) < 4.78 is 10.9. The Morgan fingerprint density at radius 2 is 1.60 bits per heavy atom. The summed E-state index contributed by atoms with van der Waals surface area (Å²) in [5.41, 5.74) is 4.93. The number of aromatic nitrogens is 2. The van der Waals surface area contributed by atoms with Crippen LogP contribution < -0.4 is 14.8 Å². The molecule has 1 aliphatic heterocycles. The number of hydrogen-bond donors (Lipinski definition) is 1. The molecule has 0 saturated carbocycles. The molecule has 204 valence electrons. The molecule has 1 aromatic heterocycles. The summed E-state index contributed by atoms with van der Waals surface area (Å²) in [5.74, 6) is 0.729. The Bertz CT molecular complexity index is 1510. The van der Waals surface area contributed by atoms with Crippen molar-refractivity contribution >= 4 is 29.3 Å². The minimum absolute atomic E-state index is 0.0788. The van der Waals surface area contributed by atoms with E-state index in [-0.39, 0.29) is 30.9 Å². The van der Waals surface area contributed by atoms with Crippen LogP contribution in [0.2, 0.25) is 0 Å². The summed E-state index contributed by atoms with van der Waals surface area (Å²) >= 11 is 1.27. The van der Waals surface area contributed by atoms with Crippen LogP contribution in [0.1, 0.15) is 34.1 Å². The van der Waals surface area contributed by atoms with Crippen molar-refractivity contribution in [3.05, 3.63) is 107 Å². The normalized spacial score (nSPS) is 12.6. The molecular weight excluding hydrogens is 524 g/mol. The van der Waals surface area contributed by atoms with Gasteiger partial charge in [0.15, 0.2) is 16.7 Å². The lowest BCUT2D eigenvalue weighted by Gasteiger charge is -2.32. The van der Waals surface area contributed by atoms with Crippen LogP contribution in [-0.4, -0.2) is 39.2 Å². The van der Waals surface area contributed by atoms with Gasteiger partial charge in [0.25, 0.3) is 5.91 Å². The zero-order valence-electron chi connectivity index (χ0n) is 22.6. The van der Waals surface area contributed by atoms with Crippen molar-refractivity contribution in [2.45, 2.75) is 38.5 Å². The van der Waals surface area contributed by atoms with Crippen LogP contribution >= 0.6 is 11.8 Å². The van der Waals surface area contributed by atoms with Crippen LogP contribution in [0.3, 0.4) is 0 Å². The van der Waals surface area contributed by atoms with Crippen LogP contribution in [-0.2, 0) is 16.1 Å². The van der Waals surface area contributed by atoms with E-state index in [0.717, 1.165) is 22.5 Å². The number of carbonyl (C=O) groups excluding carboxylic acids is 2. The highest BCUT2D eigenvalue weighted by Gasteiger charge is 2.32. The average molecular weight is 555 g/mol. The van der Waals surface area contributed by atoms with Crippen LogP contribution in [0.4, 0.5) is 5.69 Å². The monoisotopic (exact) mass is 554 g/mol. The van der Waals surface area contributed by atoms with Crippen LogP contribution in [0.15, 0.2) is 84.0 Å². The third kappa shape index (κ3) is 6.43. The number of carbonyl (C=O) groups is 2. The Balaban J connectivity index is 1.48. The lowest BCUT2D eigenvalue weighted by atomic mass is 10.0. The van der Waals surface area contributed by atoms with Crippen molar-refractivity contribution in [3.8, 4) is 11.5 Å². The predicted molar refractivity (Wildman–Crippen MR) is 154 cm³/mol. The molecule has 0 saturated heterocycles. The van der Waals surface area contributed by atoms with E-state index < -0.39 is 6.04 Å². The Morgan fingerprint density at radius 1 is 0.900 bits per heavy atom. The van der Waals surface area contributed by atoms with E-state index in [2.05, 4.69) is 15.3 Å². The number of hydrogen-bond acceptors (Lipinski definition) is 7. The van der Waals surface area contributed by atoms with E-state index in [0.29, 0.717) is 27.9 Å². The van der Waals surface area contributed by atoms with Gasteiger partial charge in [-0.2, -0.15) is 0 Å². The van der Waals surface area contributed by atoms with Crippen LogP contribution in [0, 0.1) is 20.8 Å². The quantitative estimate of drug-likeness (QED) is 0.212. The number of fused-ring (bicyclic) bond motifs is 1. The van der Waals surface area contributed by atoms with Crippen molar-refractivity contribution in [1.82, 2.24) is 14.9 Å². The molecule has 1 aliphatic rings. The standard InChI is InChI=1S/C31H30N4O4S/c1-20-9-7-8-12-24(20)17-35(28(36)18-40-31-32-21(2)15-22(3)33-31)29(23-10-5-4-6-11-23)30(37)34-25-13-14-26-27(16-25)39-19-38-26/h4-16,29H,17-19H2,1-3H3,(H,34,37)/t29-/m0/s1. The fourth-order valence-corrected chi connectivity index (χ4v) is 5.39. The number of aryl methyl sites for hydroxylation is 3. The number of rotatable bonds is 9. The number of nitrogens with one attached hydrogen (secondary N) is 1. The van der Waals surface area contributed by atoms with Crippen LogP contribution in [0.5, 0.6) is 11.5 Å². The number of benzene rings is 3. The van der Waals surface area contributed by atoms with Gasteiger partial charge in [-0.1, -0.05) is 66.4 Å². The molecule has 4 aromatic rings. The lowest BCUT2D eigenvalue weighted by molar-refractivity contribution is -0.137. The lowest BCUT2D eigenvalue weighted by Crippen LogP contribution is -2.42. The molecular formula is C31H30N4O4S. The Kier molecular flexibility index (Phi) is 8.31. The molecule has 0 spiro atoms. The highest BCUT2D eigenvalue weighted by Crippen LogP contribution is 2.35. The van der Waals surface area contributed by atoms with Gasteiger partial charge in [0, 0.05) is 29.7 Å². The fraction of sp³-hybridized carbons (Fsp3) is 0.226. The largest absolute Gasteiger partial charge is 0.454 e. The molecule has 1 N–H and O–H groups in total. The van der Waals surface area contributed by atoms with Gasteiger partial charge in [-0.05, 0) is 55.7 Å². The van der Waals surface area contributed by atoms with E-state index in [1.54, 1.807) is 23.1 Å². The molecule has 5 rings (SSSR count). The van der Waals surface area contributed by atoms with Gasteiger partial charge in [0.2, 0.25) is 12.7 Å². The van der Waals surface area contributed by atoms with E-state index >= 15 is 0 Å². The van der Waals surface area contributed by atoms with E-state index in [1.807, 2.05) is 81.4 Å². The van der Waals surface area contributed by atoms with Crippen LogP contribution in [0.25, 0.3) is 0 Å². The SMILES string of the molecule is Cc1cc(C)nc(SCC(=O)N(Cc2ccccc2C)[C@H](C(=O)Nc2ccc3c(c2)OCO3)c2ccccc2)n1. The van der Waals surface area contributed by atoms with Gasteiger partial charge in [0.1, 0.15) is 6.04 Å². The molecule has 0 radical (unpaired) electrons. The van der Waals surface area contributed by atoms with Crippen molar-refractivity contribution in [1.29, 1.82) is 0 Å². The van der Waals surface area contributed by atoms with E-state index in [1.165, 1.54) is 11.8 Å². The average Bonchev–Trinajstić information content (AvgIpc) is 3.40. The first kappa shape index (κ1) is 27.2. The maximum absolute atomic E-state index is 14.0. The Hall–Kier alpha value is -4.37. The summed E-state index contributed by atoms with van der Waals surface area (Å²) in [4.78, 5) is 38.5. The molecule has 0 unspecified atom stereocenters. The van der Waals surface area contributed by atoms with Gasteiger partial charge < -0.3 is 19.7 Å². The van der Waals surface area contributed by atoms with Crippen molar-refractivity contribution in [3.63, 3.8) is 0 Å². The molecule has 9 heteroatoms. The highest BCUT2D eigenvalue weighted by molar-refractivity contribution is 7.99. The van der Waals surface area contributed by atoms with Gasteiger partial charge in [-0.15, -0.1) is 0 Å². The number of amides is 2. The Labute approximate surface area is 237 Å². The zero-order chi connectivity index (χ0) is 28.1. The minimum Gasteiger partial charge on any atom is -0.454 e. The topological polar surface area (TPSA) is 93.7 Å². The molecule has 8 nitrogen and oxygen atoms in total. The maximum Gasteiger partial charge on any atom is 0.251 e. The highest BCUT2D eigenvalue weighted by atomic mass is 32.2. The molecule has 0 fully saturated rings. The minimum atomic E-state index is -0.889. The zero-order valence-corrected chi connectivity index (χ0v) is 23.4. The number of thioether (sulfide) groups is 1. The fourth-order valence-electron chi connectivity index (χ4n) is 4.55. The maximum atomic E-state index is 14.0. The number of nitrogens with zero attached hydrogens (tertiary/aromatic N) is 3. The second kappa shape index (κ2) is 12.2. The van der Waals surface area contributed by atoms with Crippen molar-refractivity contribution in [2.75, 3.05) is 17.9 Å². The van der Waals surface area contributed by atoms with Crippen molar-refractivity contribution < 1.29 is 19.1 Å². The van der Waals surface area contributed by atoms with E-state index in [9.17, 15) is 9.59 Å². The number of ether oxygens (including phenoxy) is 2. The van der Waals surface area contributed by atoms with Gasteiger partial charge in [0.05, 0.1) is 5.75 Å². The third-order valence-electron chi connectivity index (χ3n) is 6.52. The molecule has 1 atom stereocenters.